The number of aliphatic carboxylic acids is 1. The van der Waals surface area contributed by atoms with Crippen LogP contribution >= 0.6 is 0 Å². The summed E-state index contributed by atoms with van der Waals surface area (Å²) in [4.78, 5) is 35.1. The fraction of sp³-hybridized carbons (Fsp3) is 0.870. The van der Waals surface area contributed by atoms with Gasteiger partial charge in [0.05, 0.1) is 32.0 Å². The van der Waals surface area contributed by atoms with Gasteiger partial charge in [-0.15, -0.1) is 0 Å². The maximum Gasteiger partial charge on any atom is 0.364 e. The molecule has 2 heterocycles. The van der Waals surface area contributed by atoms with E-state index in [0.717, 1.165) is 6.92 Å². The fourth-order valence-corrected chi connectivity index (χ4v) is 4.60. The molecule has 0 aromatic heterocycles. The highest BCUT2D eigenvalue weighted by Crippen LogP contribution is 2.34. The Morgan fingerprint density at radius 2 is 1.65 bits per heavy atom. The SMILES string of the molecule is CC(=O)N[C@H]1[C@H]([C@H](O)[C@H](O)CO)O[C@@](OC[C@@H](O)[C@@H](O[C@@H]2O[C@H](CO)[C@H](O)[C@H](O)[C@H]2O)[C@H](O)[C@@H](O)C=O)(C(=O)O)C[C@@H]1O. The number of amides is 1. The van der Waals surface area contributed by atoms with Crippen LogP contribution in [0.4, 0.5) is 0 Å². The number of aliphatic hydroxyl groups is 11. The third-order valence-corrected chi connectivity index (χ3v) is 7.02. The van der Waals surface area contributed by atoms with Crippen molar-refractivity contribution >= 4 is 18.2 Å². The number of aliphatic hydroxyl groups excluding tert-OH is 11. The lowest BCUT2D eigenvalue weighted by Gasteiger charge is -2.47. The molecule has 2 saturated heterocycles. The van der Waals surface area contributed by atoms with Crippen molar-refractivity contribution in [3.05, 3.63) is 0 Å². The molecule has 43 heavy (non-hydrogen) atoms. The second-order valence-electron chi connectivity index (χ2n) is 10.2. The zero-order valence-electron chi connectivity index (χ0n) is 22.7. The Hall–Kier alpha value is -1.99. The molecular formula is C23H39NO19. The van der Waals surface area contributed by atoms with Gasteiger partial charge in [-0.1, -0.05) is 0 Å². The largest absolute Gasteiger partial charge is 0.477 e. The highest BCUT2D eigenvalue weighted by atomic mass is 16.7. The lowest BCUT2D eigenvalue weighted by molar-refractivity contribution is -0.336. The van der Waals surface area contributed by atoms with Crippen molar-refractivity contribution in [2.24, 2.45) is 0 Å². The summed E-state index contributed by atoms with van der Waals surface area (Å²) in [5, 5.41) is 123. The summed E-state index contributed by atoms with van der Waals surface area (Å²) in [6.07, 6.45) is -27.3. The Morgan fingerprint density at radius 3 is 2.16 bits per heavy atom. The molecule has 0 radical (unpaired) electrons. The number of aldehydes is 1. The number of carboxylic acid groups (broad SMARTS) is 1. The number of carboxylic acids is 1. The van der Waals surface area contributed by atoms with Gasteiger partial charge in [0.15, 0.2) is 12.6 Å². The maximum atomic E-state index is 12.3. The third-order valence-electron chi connectivity index (χ3n) is 7.02. The van der Waals surface area contributed by atoms with E-state index in [2.05, 4.69) is 5.32 Å². The first kappa shape index (κ1) is 37.2. The van der Waals surface area contributed by atoms with Crippen LogP contribution in [0.15, 0.2) is 0 Å². The lowest BCUT2D eigenvalue weighted by Crippen LogP contribution is -2.68. The molecule has 2 aliphatic heterocycles. The minimum Gasteiger partial charge on any atom is -0.477 e. The molecule has 0 spiro atoms. The number of hydrogen-bond acceptors (Lipinski definition) is 18. The molecule has 0 aromatic carbocycles. The van der Waals surface area contributed by atoms with Gasteiger partial charge < -0.3 is 90.3 Å². The van der Waals surface area contributed by atoms with E-state index in [9.17, 15) is 75.7 Å². The molecule has 1 amide bonds. The van der Waals surface area contributed by atoms with Crippen molar-refractivity contribution in [2.75, 3.05) is 19.8 Å². The van der Waals surface area contributed by atoms with E-state index in [4.69, 9.17) is 18.9 Å². The van der Waals surface area contributed by atoms with Gasteiger partial charge in [0.1, 0.15) is 67.1 Å². The highest BCUT2D eigenvalue weighted by Gasteiger charge is 2.56. The highest BCUT2D eigenvalue weighted by molar-refractivity contribution is 5.76. The van der Waals surface area contributed by atoms with Gasteiger partial charge in [0, 0.05) is 13.3 Å². The van der Waals surface area contributed by atoms with Crippen LogP contribution in [0.3, 0.4) is 0 Å². The first-order valence-corrected chi connectivity index (χ1v) is 13.0. The molecule has 15 atom stereocenters. The molecule has 2 rings (SSSR count). The average Bonchev–Trinajstić information content (AvgIpc) is 2.97. The summed E-state index contributed by atoms with van der Waals surface area (Å²) < 4.78 is 21.1. The standard InChI is InChI=1S/C23H39NO19/c1-7(28)24-13-8(29)2-23(22(38)39,43-20(13)15(34)10(31)4-26)40-6-11(32)19(14(33)9(30)3-25)42-21-18(37)17(36)16(35)12(5-27)41-21/h3,8-21,26-27,29-37H,2,4-6H2,1H3,(H,24,28)(H,38,39)/t8-,9-,10+,11+,12+,13+,14+,15+,16-,17-,18+,19+,20+,21-,23+/m0/s1. The molecule has 0 aromatic rings. The first-order valence-electron chi connectivity index (χ1n) is 13.0. The summed E-state index contributed by atoms with van der Waals surface area (Å²) >= 11 is 0. The van der Waals surface area contributed by atoms with Gasteiger partial charge in [-0.25, -0.2) is 4.79 Å². The summed E-state index contributed by atoms with van der Waals surface area (Å²) in [5.74, 6) is -5.63. The van der Waals surface area contributed by atoms with Gasteiger partial charge in [-0.3, -0.25) is 4.79 Å². The van der Waals surface area contributed by atoms with Crippen LogP contribution in [0, 0.1) is 0 Å². The van der Waals surface area contributed by atoms with Crippen LogP contribution in [0.2, 0.25) is 0 Å². The van der Waals surface area contributed by atoms with E-state index in [0.29, 0.717) is 0 Å². The fourth-order valence-electron chi connectivity index (χ4n) is 4.60. The van der Waals surface area contributed by atoms with Crippen molar-refractivity contribution in [2.45, 2.75) is 105 Å². The Morgan fingerprint density at radius 1 is 1.02 bits per heavy atom. The molecule has 20 heteroatoms. The van der Waals surface area contributed by atoms with E-state index in [-0.39, 0.29) is 6.29 Å². The summed E-state index contributed by atoms with van der Waals surface area (Å²) in [6, 6.07) is -1.53. The molecular weight excluding hydrogens is 594 g/mol. The zero-order chi connectivity index (χ0) is 32.8. The normalized spacial score (nSPS) is 37.4. The van der Waals surface area contributed by atoms with E-state index in [1.807, 2.05) is 0 Å². The minimum atomic E-state index is -2.93. The average molecular weight is 634 g/mol. The molecule has 0 aliphatic carbocycles. The number of hydrogen-bond donors (Lipinski definition) is 13. The van der Waals surface area contributed by atoms with Gasteiger partial charge in [-0.05, 0) is 0 Å². The summed E-state index contributed by atoms with van der Waals surface area (Å²) in [6.45, 7) is -2.12. The quantitative estimate of drug-likeness (QED) is 0.0744. The van der Waals surface area contributed by atoms with Gasteiger partial charge in [-0.2, -0.15) is 0 Å². The molecule has 0 unspecified atom stereocenters. The first-order chi connectivity index (χ1) is 20.0. The van der Waals surface area contributed by atoms with Crippen LogP contribution in [0.1, 0.15) is 13.3 Å². The van der Waals surface area contributed by atoms with Gasteiger partial charge >= 0.3 is 5.97 Å². The van der Waals surface area contributed by atoms with Gasteiger partial charge in [0.2, 0.25) is 5.91 Å². The molecule has 20 nitrogen and oxygen atoms in total. The smallest absolute Gasteiger partial charge is 0.364 e. The van der Waals surface area contributed by atoms with E-state index >= 15 is 0 Å². The zero-order valence-corrected chi connectivity index (χ0v) is 22.7. The van der Waals surface area contributed by atoms with Crippen LogP contribution in [0.25, 0.3) is 0 Å². The number of ether oxygens (including phenoxy) is 4. The van der Waals surface area contributed by atoms with Crippen molar-refractivity contribution < 1.29 is 94.6 Å². The molecule has 2 aliphatic rings. The number of nitrogens with one attached hydrogen (secondary N) is 1. The van der Waals surface area contributed by atoms with E-state index in [1.54, 1.807) is 0 Å². The van der Waals surface area contributed by atoms with Crippen LogP contribution in [-0.2, 0) is 33.3 Å². The predicted molar refractivity (Wildman–Crippen MR) is 131 cm³/mol. The monoisotopic (exact) mass is 633 g/mol. The molecule has 250 valence electrons. The summed E-state index contributed by atoms with van der Waals surface area (Å²) in [7, 11) is 0. The lowest BCUT2D eigenvalue weighted by atomic mass is 9.88. The number of carbonyl (C=O) groups excluding carboxylic acids is 2. The van der Waals surface area contributed by atoms with Gasteiger partial charge in [0.25, 0.3) is 5.79 Å². The third kappa shape index (κ3) is 8.59. The predicted octanol–water partition coefficient (Wildman–Crippen LogP) is -8.38. The van der Waals surface area contributed by atoms with Crippen LogP contribution < -0.4 is 5.32 Å². The molecule has 13 N–H and O–H groups in total. The second-order valence-corrected chi connectivity index (χ2v) is 10.2. The molecule has 0 saturated carbocycles. The van der Waals surface area contributed by atoms with Crippen molar-refractivity contribution in [1.82, 2.24) is 5.32 Å². The second kappa shape index (κ2) is 15.8. The number of carbonyl (C=O) groups is 3. The number of rotatable bonds is 15. The van der Waals surface area contributed by atoms with Crippen molar-refractivity contribution in [1.29, 1.82) is 0 Å². The van der Waals surface area contributed by atoms with E-state index in [1.165, 1.54) is 0 Å². The summed E-state index contributed by atoms with van der Waals surface area (Å²) in [5.41, 5.74) is 0. The topological polar surface area (TPSA) is 343 Å². The Balaban J connectivity index is 2.35. The molecule has 2 fully saturated rings. The van der Waals surface area contributed by atoms with Crippen LogP contribution in [0.5, 0.6) is 0 Å². The minimum absolute atomic E-state index is 0.165. The van der Waals surface area contributed by atoms with Crippen molar-refractivity contribution in [3.8, 4) is 0 Å². The molecule has 0 bridgehead atoms. The van der Waals surface area contributed by atoms with E-state index < -0.39 is 129 Å². The van der Waals surface area contributed by atoms with Crippen LogP contribution in [-0.4, -0.2) is 191 Å². The Kier molecular flexibility index (Phi) is 13.7. The maximum absolute atomic E-state index is 12.3. The van der Waals surface area contributed by atoms with Crippen molar-refractivity contribution in [3.63, 3.8) is 0 Å². The Bertz CT molecular complexity index is 925. The Labute approximate surface area is 243 Å².